The molecule has 1 aliphatic carbocycles. The van der Waals surface area contributed by atoms with E-state index >= 15 is 0 Å². The molecule has 0 spiro atoms. The van der Waals surface area contributed by atoms with Crippen molar-refractivity contribution < 1.29 is 4.74 Å². The lowest BCUT2D eigenvalue weighted by atomic mass is 9.77. The van der Waals surface area contributed by atoms with Gasteiger partial charge in [-0.25, -0.2) is 0 Å². The topological polar surface area (TPSA) is 21.3 Å². The minimum Gasteiger partial charge on any atom is -0.487 e. The molecule has 1 saturated carbocycles. The second-order valence-corrected chi connectivity index (χ2v) is 6.76. The maximum Gasteiger partial charge on any atom is 0.123 e. The normalized spacial score (nSPS) is 17.1. The molecule has 1 aromatic rings. The Morgan fingerprint density at radius 2 is 2.00 bits per heavy atom. The molecule has 0 heterocycles. The predicted octanol–water partition coefficient (Wildman–Crippen LogP) is 4.24. The van der Waals surface area contributed by atoms with Crippen LogP contribution in [0.4, 0.5) is 0 Å². The molecule has 1 aliphatic rings. The van der Waals surface area contributed by atoms with Gasteiger partial charge in [0.15, 0.2) is 0 Å². The van der Waals surface area contributed by atoms with E-state index in [1.807, 2.05) is 0 Å². The van der Waals surface area contributed by atoms with Crippen LogP contribution < -0.4 is 10.1 Å². The number of nitrogens with one attached hydrogen (secondary N) is 1. The molecular formula is C18H29NO. The summed E-state index contributed by atoms with van der Waals surface area (Å²) in [7, 11) is 0. The minimum absolute atomic E-state index is 0.0858. The summed E-state index contributed by atoms with van der Waals surface area (Å²) in [6.07, 6.45) is 4.82. The van der Waals surface area contributed by atoms with Crippen LogP contribution in [0.1, 0.15) is 50.7 Å². The molecule has 0 bridgehead atoms. The maximum absolute atomic E-state index is 6.42. The molecule has 112 valence electrons. The van der Waals surface area contributed by atoms with Gasteiger partial charge in [0.05, 0.1) is 0 Å². The molecule has 0 atom stereocenters. The van der Waals surface area contributed by atoms with Crippen molar-refractivity contribution in [3.8, 4) is 5.75 Å². The lowest BCUT2D eigenvalue weighted by Gasteiger charge is -2.42. The molecule has 2 rings (SSSR count). The molecule has 0 amide bonds. The molecule has 0 radical (unpaired) electrons. The SMILES string of the molecule is Cc1ccc(C)c(OC2(CCNCC(C)C)CCC2)c1. The summed E-state index contributed by atoms with van der Waals surface area (Å²) in [6.45, 7) is 10.9. The summed E-state index contributed by atoms with van der Waals surface area (Å²) < 4.78 is 6.42. The van der Waals surface area contributed by atoms with Gasteiger partial charge in [-0.3, -0.25) is 0 Å². The average Bonchev–Trinajstić information content (AvgIpc) is 2.35. The summed E-state index contributed by atoms with van der Waals surface area (Å²) in [5.41, 5.74) is 2.61. The van der Waals surface area contributed by atoms with Crippen molar-refractivity contribution >= 4 is 0 Å². The highest BCUT2D eigenvalue weighted by Gasteiger charge is 2.39. The fourth-order valence-corrected chi connectivity index (χ4v) is 2.73. The van der Waals surface area contributed by atoms with Crippen LogP contribution in [0.3, 0.4) is 0 Å². The minimum atomic E-state index is 0.0858. The first-order valence-electron chi connectivity index (χ1n) is 7.98. The van der Waals surface area contributed by atoms with Crippen LogP contribution in [0.5, 0.6) is 5.75 Å². The van der Waals surface area contributed by atoms with E-state index < -0.39 is 0 Å². The van der Waals surface area contributed by atoms with Crippen molar-refractivity contribution in [1.82, 2.24) is 5.32 Å². The third kappa shape index (κ3) is 3.99. The van der Waals surface area contributed by atoms with Gasteiger partial charge in [-0.2, -0.15) is 0 Å². The zero-order valence-electron chi connectivity index (χ0n) is 13.5. The molecule has 2 heteroatoms. The molecule has 20 heavy (non-hydrogen) atoms. The van der Waals surface area contributed by atoms with Crippen LogP contribution in [0.2, 0.25) is 0 Å². The van der Waals surface area contributed by atoms with E-state index in [2.05, 4.69) is 51.2 Å². The Hall–Kier alpha value is -1.02. The van der Waals surface area contributed by atoms with Crippen molar-refractivity contribution in [2.75, 3.05) is 13.1 Å². The van der Waals surface area contributed by atoms with Crippen LogP contribution in [-0.2, 0) is 0 Å². The van der Waals surface area contributed by atoms with Crippen molar-refractivity contribution in [3.05, 3.63) is 29.3 Å². The van der Waals surface area contributed by atoms with Gasteiger partial charge < -0.3 is 10.1 Å². The van der Waals surface area contributed by atoms with Crippen LogP contribution in [0, 0.1) is 19.8 Å². The number of hydrogen-bond acceptors (Lipinski definition) is 2. The molecule has 0 saturated heterocycles. The zero-order chi connectivity index (χ0) is 14.6. The van der Waals surface area contributed by atoms with Crippen LogP contribution >= 0.6 is 0 Å². The average molecular weight is 275 g/mol. The van der Waals surface area contributed by atoms with E-state index in [4.69, 9.17) is 4.74 Å². The van der Waals surface area contributed by atoms with Crippen molar-refractivity contribution in [2.24, 2.45) is 5.92 Å². The highest BCUT2D eigenvalue weighted by molar-refractivity contribution is 5.36. The zero-order valence-corrected chi connectivity index (χ0v) is 13.5. The summed E-state index contributed by atoms with van der Waals surface area (Å²) in [5, 5.41) is 3.54. The van der Waals surface area contributed by atoms with Gasteiger partial charge in [0.2, 0.25) is 0 Å². The van der Waals surface area contributed by atoms with Gasteiger partial charge in [0.25, 0.3) is 0 Å². The quantitative estimate of drug-likeness (QED) is 0.751. The number of aryl methyl sites for hydroxylation is 2. The predicted molar refractivity (Wildman–Crippen MR) is 85.5 cm³/mol. The monoisotopic (exact) mass is 275 g/mol. The van der Waals surface area contributed by atoms with E-state index in [0.29, 0.717) is 5.92 Å². The standard InChI is InChI=1S/C18H29NO/c1-14(2)13-19-11-10-18(8-5-9-18)20-17-12-15(3)6-7-16(17)4/h6-7,12,14,19H,5,8-11,13H2,1-4H3. The Balaban J connectivity index is 1.92. The Bertz CT molecular complexity index is 435. The number of hydrogen-bond donors (Lipinski definition) is 1. The van der Waals surface area contributed by atoms with Crippen LogP contribution in [0.15, 0.2) is 18.2 Å². The highest BCUT2D eigenvalue weighted by Crippen LogP contribution is 2.40. The summed E-state index contributed by atoms with van der Waals surface area (Å²) >= 11 is 0. The first kappa shape index (κ1) is 15.4. The second kappa shape index (κ2) is 6.62. The van der Waals surface area contributed by atoms with E-state index in [1.165, 1.54) is 30.4 Å². The molecule has 1 fully saturated rings. The van der Waals surface area contributed by atoms with Crippen LogP contribution in [0.25, 0.3) is 0 Å². The van der Waals surface area contributed by atoms with Crippen molar-refractivity contribution in [2.45, 2.75) is 59.0 Å². The third-order valence-corrected chi connectivity index (χ3v) is 4.24. The first-order valence-corrected chi connectivity index (χ1v) is 7.98. The molecule has 1 aromatic carbocycles. The number of ether oxygens (including phenoxy) is 1. The van der Waals surface area contributed by atoms with Gasteiger partial charge in [-0.1, -0.05) is 26.0 Å². The molecule has 1 N–H and O–H groups in total. The molecular weight excluding hydrogens is 246 g/mol. The van der Waals surface area contributed by atoms with E-state index in [1.54, 1.807) is 0 Å². The van der Waals surface area contributed by atoms with Gasteiger partial charge >= 0.3 is 0 Å². The molecule has 0 aromatic heterocycles. The maximum atomic E-state index is 6.42. The van der Waals surface area contributed by atoms with E-state index in [9.17, 15) is 0 Å². The van der Waals surface area contributed by atoms with Gasteiger partial charge in [0.1, 0.15) is 11.4 Å². The van der Waals surface area contributed by atoms with Gasteiger partial charge in [-0.05, 0) is 75.7 Å². The van der Waals surface area contributed by atoms with Crippen molar-refractivity contribution in [3.63, 3.8) is 0 Å². The molecule has 2 nitrogen and oxygen atoms in total. The Labute approximate surface area is 123 Å². The summed E-state index contributed by atoms with van der Waals surface area (Å²) in [6, 6.07) is 6.49. The third-order valence-electron chi connectivity index (χ3n) is 4.24. The number of benzene rings is 1. The van der Waals surface area contributed by atoms with Crippen LogP contribution in [-0.4, -0.2) is 18.7 Å². The van der Waals surface area contributed by atoms with E-state index in [0.717, 1.165) is 25.3 Å². The summed E-state index contributed by atoms with van der Waals surface area (Å²) in [4.78, 5) is 0. The Kier molecular flexibility index (Phi) is 5.09. The lowest BCUT2D eigenvalue weighted by Crippen LogP contribution is -2.45. The Morgan fingerprint density at radius 3 is 2.60 bits per heavy atom. The van der Waals surface area contributed by atoms with Crippen molar-refractivity contribution in [1.29, 1.82) is 0 Å². The molecule has 0 unspecified atom stereocenters. The van der Waals surface area contributed by atoms with Gasteiger partial charge in [0, 0.05) is 0 Å². The highest BCUT2D eigenvalue weighted by atomic mass is 16.5. The van der Waals surface area contributed by atoms with Gasteiger partial charge in [-0.15, -0.1) is 0 Å². The van der Waals surface area contributed by atoms with E-state index in [-0.39, 0.29) is 5.60 Å². The Morgan fingerprint density at radius 1 is 1.25 bits per heavy atom. The largest absolute Gasteiger partial charge is 0.487 e. The molecule has 0 aliphatic heterocycles. The first-order chi connectivity index (χ1) is 9.51. The lowest BCUT2D eigenvalue weighted by molar-refractivity contribution is -0.0148. The smallest absolute Gasteiger partial charge is 0.123 e. The summed E-state index contributed by atoms with van der Waals surface area (Å²) in [5.74, 6) is 1.79. The number of rotatable bonds is 7. The second-order valence-electron chi connectivity index (χ2n) is 6.76. The fraction of sp³-hybridized carbons (Fsp3) is 0.667. The fourth-order valence-electron chi connectivity index (χ4n) is 2.73.